The van der Waals surface area contributed by atoms with Gasteiger partial charge < -0.3 is 5.11 Å². The Labute approximate surface area is 180 Å². The number of phenols is 1. The second kappa shape index (κ2) is 8.23. The van der Waals surface area contributed by atoms with E-state index in [0.29, 0.717) is 23.4 Å². The van der Waals surface area contributed by atoms with E-state index in [9.17, 15) is 18.3 Å². The number of anilines is 1. The van der Waals surface area contributed by atoms with Gasteiger partial charge in [-0.3, -0.25) is 9.10 Å². The van der Waals surface area contributed by atoms with Crippen molar-refractivity contribution in [3.05, 3.63) is 89.5 Å². The predicted octanol–water partition coefficient (Wildman–Crippen LogP) is 3.30. The zero-order valence-corrected chi connectivity index (χ0v) is 17.6. The fraction of sp³-hybridized carbons (Fsp3) is 0.130. The van der Waals surface area contributed by atoms with Crippen molar-refractivity contribution in [2.45, 2.75) is 17.7 Å². The number of amides is 1. The number of hydrogen-bond donors (Lipinski definition) is 2. The molecule has 158 valence electrons. The van der Waals surface area contributed by atoms with Crippen LogP contribution in [0.2, 0.25) is 0 Å². The van der Waals surface area contributed by atoms with Gasteiger partial charge in [0, 0.05) is 18.2 Å². The molecule has 0 saturated heterocycles. The van der Waals surface area contributed by atoms with Crippen LogP contribution in [0.25, 0.3) is 0 Å². The van der Waals surface area contributed by atoms with Gasteiger partial charge in [0.1, 0.15) is 5.75 Å². The number of para-hydroxylation sites is 1. The number of aryl methyl sites for hydroxylation is 1. The molecule has 0 radical (unpaired) electrons. The SMILES string of the molecule is CN(c1ccccc1)S(=O)(=O)c1ccc(C(=O)N/N=C2\CCc3cccc(O)c32)cc1. The molecule has 0 atom stereocenters. The zero-order valence-electron chi connectivity index (χ0n) is 16.8. The third kappa shape index (κ3) is 4.02. The van der Waals surface area contributed by atoms with Crippen molar-refractivity contribution in [2.24, 2.45) is 5.10 Å². The first-order valence-corrected chi connectivity index (χ1v) is 11.1. The van der Waals surface area contributed by atoms with Gasteiger partial charge in [0.25, 0.3) is 15.9 Å². The van der Waals surface area contributed by atoms with Crippen LogP contribution in [0.15, 0.2) is 82.8 Å². The van der Waals surface area contributed by atoms with Crippen LogP contribution in [0.4, 0.5) is 5.69 Å². The standard InChI is InChI=1S/C23H21N3O4S/c1-26(18-7-3-2-4-8-18)31(29,30)19-13-10-17(11-14-19)23(28)25-24-20-15-12-16-6-5-9-21(27)22(16)20/h2-11,13-14,27H,12,15H2,1H3,(H,25,28)/b24-20+. The first kappa shape index (κ1) is 20.6. The van der Waals surface area contributed by atoms with Gasteiger partial charge in [0.15, 0.2) is 0 Å². The van der Waals surface area contributed by atoms with E-state index < -0.39 is 15.9 Å². The van der Waals surface area contributed by atoms with Gasteiger partial charge in [-0.25, -0.2) is 13.8 Å². The molecule has 0 saturated carbocycles. The van der Waals surface area contributed by atoms with Gasteiger partial charge >= 0.3 is 0 Å². The molecule has 0 bridgehead atoms. The largest absolute Gasteiger partial charge is 0.507 e. The first-order chi connectivity index (χ1) is 14.9. The number of sulfonamides is 1. The Bertz CT molecular complexity index is 1250. The number of nitrogens with zero attached hydrogens (tertiary/aromatic N) is 2. The maximum absolute atomic E-state index is 12.8. The predicted molar refractivity (Wildman–Crippen MR) is 119 cm³/mol. The third-order valence-electron chi connectivity index (χ3n) is 5.24. The van der Waals surface area contributed by atoms with Crippen molar-refractivity contribution < 1.29 is 18.3 Å². The molecule has 2 N–H and O–H groups in total. The van der Waals surface area contributed by atoms with Crippen molar-refractivity contribution >= 4 is 27.3 Å². The minimum absolute atomic E-state index is 0.0800. The van der Waals surface area contributed by atoms with E-state index in [0.717, 1.165) is 12.0 Å². The molecule has 0 unspecified atom stereocenters. The molecular formula is C23H21N3O4S. The van der Waals surface area contributed by atoms with E-state index in [-0.39, 0.29) is 16.2 Å². The van der Waals surface area contributed by atoms with E-state index >= 15 is 0 Å². The number of aromatic hydroxyl groups is 1. The Morgan fingerprint density at radius 1 is 0.968 bits per heavy atom. The molecule has 3 aromatic rings. The normalized spacial score (nSPS) is 14.3. The molecule has 0 spiro atoms. The molecule has 0 heterocycles. The maximum Gasteiger partial charge on any atom is 0.271 e. The van der Waals surface area contributed by atoms with Crippen LogP contribution in [-0.4, -0.2) is 32.2 Å². The van der Waals surface area contributed by atoms with Crippen LogP contribution in [-0.2, 0) is 16.4 Å². The molecule has 1 aliphatic carbocycles. The fourth-order valence-electron chi connectivity index (χ4n) is 3.51. The average Bonchev–Trinajstić information content (AvgIpc) is 3.22. The summed E-state index contributed by atoms with van der Waals surface area (Å²) in [6.07, 6.45) is 1.37. The van der Waals surface area contributed by atoms with Crippen LogP contribution < -0.4 is 9.73 Å². The molecule has 0 aliphatic heterocycles. The molecule has 3 aromatic carbocycles. The molecule has 8 heteroatoms. The second-order valence-electron chi connectivity index (χ2n) is 7.14. The smallest absolute Gasteiger partial charge is 0.271 e. The summed E-state index contributed by atoms with van der Waals surface area (Å²) < 4.78 is 26.9. The van der Waals surface area contributed by atoms with Gasteiger partial charge in [-0.05, 0) is 60.9 Å². The van der Waals surface area contributed by atoms with E-state index in [1.807, 2.05) is 12.1 Å². The molecule has 1 aliphatic rings. The van der Waals surface area contributed by atoms with Gasteiger partial charge in [-0.2, -0.15) is 5.10 Å². The Morgan fingerprint density at radius 2 is 1.68 bits per heavy atom. The number of nitrogens with one attached hydrogen (secondary N) is 1. The Hall–Kier alpha value is -3.65. The van der Waals surface area contributed by atoms with E-state index in [1.165, 1.54) is 35.6 Å². The van der Waals surface area contributed by atoms with Crippen LogP contribution in [0.1, 0.15) is 27.9 Å². The summed E-state index contributed by atoms with van der Waals surface area (Å²) in [5, 5.41) is 14.2. The van der Waals surface area contributed by atoms with Crippen molar-refractivity contribution in [1.82, 2.24) is 5.43 Å². The highest BCUT2D eigenvalue weighted by Crippen LogP contribution is 2.30. The lowest BCUT2D eigenvalue weighted by Crippen LogP contribution is -2.26. The molecule has 31 heavy (non-hydrogen) atoms. The summed E-state index contributed by atoms with van der Waals surface area (Å²) in [6.45, 7) is 0. The first-order valence-electron chi connectivity index (χ1n) is 9.70. The summed E-state index contributed by atoms with van der Waals surface area (Å²) in [5.74, 6) is -0.322. The number of carbonyl (C=O) groups is 1. The lowest BCUT2D eigenvalue weighted by molar-refractivity contribution is 0.0954. The van der Waals surface area contributed by atoms with E-state index in [1.54, 1.807) is 36.4 Å². The number of phenolic OH excluding ortho intramolecular Hbond substituents is 1. The summed E-state index contributed by atoms with van der Waals surface area (Å²) >= 11 is 0. The third-order valence-corrected chi connectivity index (χ3v) is 7.04. The topological polar surface area (TPSA) is 99.1 Å². The number of rotatable bonds is 5. The lowest BCUT2D eigenvalue weighted by atomic mass is 10.1. The summed E-state index contributed by atoms with van der Waals surface area (Å²) in [6, 6.07) is 19.7. The maximum atomic E-state index is 12.8. The molecule has 0 aromatic heterocycles. The van der Waals surface area contributed by atoms with Gasteiger partial charge in [-0.1, -0.05) is 30.3 Å². The summed E-state index contributed by atoms with van der Waals surface area (Å²) in [7, 11) is -2.27. The Balaban J connectivity index is 1.50. The zero-order chi connectivity index (χ0) is 22.0. The molecule has 4 rings (SSSR count). The van der Waals surface area contributed by atoms with Crippen LogP contribution in [0.3, 0.4) is 0 Å². The minimum atomic E-state index is -3.75. The van der Waals surface area contributed by atoms with Gasteiger partial charge in [-0.15, -0.1) is 0 Å². The van der Waals surface area contributed by atoms with Crippen LogP contribution in [0.5, 0.6) is 5.75 Å². The Morgan fingerprint density at radius 3 is 2.39 bits per heavy atom. The van der Waals surface area contributed by atoms with Crippen molar-refractivity contribution in [1.29, 1.82) is 0 Å². The number of benzene rings is 3. The van der Waals surface area contributed by atoms with Crippen LogP contribution >= 0.6 is 0 Å². The van der Waals surface area contributed by atoms with Crippen molar-refractivity contribution in [2.75, 3.05) is 11.4 Å². The second-order valence-corrected chi connectivity index (χ2v) is 9.11. The lowest BCUT2D eigenvalue weighted by Gasteiger charge is -2.19. The van der Waals surface area contributed by atoms with Crippen molar-refractivity contribution in [3.63, 3.8) is 0 Å². The molecular weight excluding hydrogens is 414 g/mol. The molecule has 7 nitrogen and oxygen atoms in total. The number of fused-ring (bicyclic) bond motifs is 1. The molecule has 1 amide bonds. The highest BCUT2D eigenvalue weighted by atomic mass is 32.2. The quantitative estimate of drug-likeness (QED) is 0.601. The van der Waals surface area contributed by atoms with Crippen molar-refractivity contribution in [3.8, 4) is 5.75 Å². The average molecular weight is 436 g/mol. The summed E-state index contributed by atoms with van der Waals surface area (Å²) in [4.78, 5) is 12.6. The minimum Gasteiger partial charge on any atom is -0.507 e. The number of hydrogen-bond acceptors (Lipinski definition) is 5. The van der Waals surface area contributed by atoms with E-state index in [2.05, 4.69) is 10.5 Å². The van der Waals surface area contributed by atoms with E-state index in [4.69, 9.17) is 0 Å². The van der Waals surface area contributed by atoms with Gasteiger partial charge in [0.2, 0.25) is 0 Å². The van der Waals surface area contributed by atoms with Gasteiger partial charge in [0.05, 0.1) is 16.3 Å². The number of carbonyl (C=O) groups excluding carboxylic acids is 1. The number of hydrazone groups is 1. The highest BCUT2D eigenvalue weighted by molar-refractivity contribution is 7.92. The molecule has 0 fully saturated rings. The summed E-state index contributed by atoms with van der Waals surface area (Å²) in [5.41, 5.74) is 5.58. The monoisotopic (exact) mass is 435 g/mol. The Kier molecular flexibility index (Phi) is 5.48. The van der Waals surface area contributed by atoms with Crippen LogP contribution in [0, 0.1) is 0 Å². The fourth-order valence-corrected chi connectivity index (χ4v) is 4.71. The highest BCUT2D eigenvalue weighted by Gasteiger charge is 2.23.